The molecule has 2 aromatic carbocycles. The second-order valence-corrected chi connectivity index (χ2v) is 6.68. The highest BCUT2D eigenvalue weighted by atomic mass is 16.5. The number of ether oxygens (including phenoxy) is 1. The summed E-state index contributed by atoms with van der Waals surface area (Å²) in [6.07, 6.45) is 0. The highest BCUT2D eigenvalue weighted by molar-refractivity contribution is 5.51. The topological polar surface area (TPSA) is 29.5 Å². The Balaban J connectivity index is 2.05. The van der Waals surface area contributed by atoms with Crippen molar-refractivity contribution in [3.8, 4) is 11.5 Å². The van der Waals surface area contributed by atoms with Crippen molar-refractivity contribution < 1.29 is 9.84 Å². The Hall–Kier alpha value is -1.96. The third kappa shape index (κ3) is 2.39. The molecule has 2 aromatic rings. The van der Waals surface area contributed by atoms with Gasteiger partial charge >= 0.3 is 0 Å². The van der Waals surface area contributed by atoms with Crippen LogP contribution in [0.2, 0.25) is 0 Å². The third-order valence-corrected chi connectivity index (χ3v) is 4.31. The highest BCUT2D eigenvalue weighted by Gasteiger charge is 2.42. The molecule has 21 heavy (non-hydrogen) atoms. The molecule has 1 heterocycles. The predicted molar refractivity (Wildman–Crippen MR) is 85.2 cm³/mol. The first-order valence-corrected chi connectivity index (χ1v) is 7.50. The van der Waals surface area contributed by atoms with Gasteiger partial charge < -0.3 is 9.84 Å². The van der Waals surface area contributed by atoms with Gasteiger partial charge in [-0.1, -0.05) is 44.2 Å². The number of aromatic hydroxyl groups is 1. The molecule has 0 aromatic heterocycles. The lowest BCUT2D eigenvalue weighted by Crippen LogP contribution is -2.30. The van der Waals surface area contributed by atoms with E-state index in [9.17, 15) is 5.11 Å². The normalized spacial score (nSPS) is 19.4. The maximum absolute atomic E-state index is 9.64. The van der Waals surface area contributed by atoms with Crippen molar-refractivity contribution in [2.75, 3.05) is 0 Å². The largest absolute Gasteiger partial charge is 0.508 e. The van der Waals surface area contributed by atoms with Crippen LogP contribution in [0.25, 0.3) is 0 Å². The van der Waals surface area contributed by atoms with Crippen molar-refractivity contribution in [2.45, 2.75) is 45.1 Å². The van der Waals surface area contributed by atoms with Crippen LogP contribution in [0.3, 0.4) is 0 Å². The first-order chi connectivity index (χ1) is 9.88. The van der Waals surface area contributed by atoms with Gasteiger partial charge in [0, 0.05) is 11.6 Å². The SMILES string of the molecule is CC(C)c1ccc(C2c3ccc(O)cc3OC2(C)C)cc1. The minimum absolute atomic E-state index is 0.189. The van der Waals surface area contributed by atoms with Crippen molar-refractivity contribution in [1.82, 2.24) is 0 Å². The number of hydrogen-bond donors (Lipinski definition) is 1. The fraction of sp³-hybridized carbons (Fsp3) is 0.368. The van der Waals surface area contributed by atoms with Gasteiger partial charge in [0.1, 0.15) is 17.1 Å². The lowest BCUT2D eigenvalue weighted by atomic mass is 9.81. The van der Waals surface area contributed by atoms with Crippen LogP contribution in [-0.2, 0) is 0 Å². The van der Waals surface area contributed by atoms with Gasteiger partial charge in [-0.3, -0.25) is 0 Å². The second-order valence-electron chi connectivity index (χ2n) is 6.68. The molecule has 1 atom stereocenters. The Morgan fingerprint density at radius 2 is 1.71 bits per heavy atom. The molecule has 0 fully saturated rings. The summed E-state index contributed by atoms with van der Waals surface area (Å²) in [5.74, 6) is 1.77. The zero-order valence-electron chi connectivity index (χ0n) is 13.1. The van der Waals surface area contributed by atoms with Crippen LogP contribution in [0.4, 0.5) is 0 Å². The molecule has 0 spiro atoms. The van der Waals surface area contributed by atoms with Crippen molar-refractivity contribution in [2.24, 2.45) is 0 Å². The third-order valence-electron chi connectivity index (χ3n) is 4.31. The highest BCUT2D eigenvalue weighted by Crippen LogP contribution is 2.49. The summed E-state index contributed by atoms with van der Waals surface area (Å²) in [5, 5.41) is 9.64. The molecule has 0 radical (unpaired) electrons. The minimum atomic E-state index is -0.310. The average Bonchev–Trinajstić information content (AvgIpc) is 2.67. The van der Waals surface area contributed by atoms with Gasteiger partial charge in [-0.05, 0) is 37.0 Å². The molecular weight excluding hydrogens is 260 g/mol. The molecule has 1 N–H and O–H groups in total. The molecule has 2 nitrogen and oxygen atoms in total. The number of phenolic OH excluding ortho intramolecular Hbond substituents is 1. The molecule has 3 rings (SSSR count). The van der Waals surface area contributed by atoms with E-state index in [1.807, 2.05) is 6.07 Å². The van der Waals surface area contributed by atoms with Crippen molar-refractivity contribution in [3.05, 3.63) is 59.2 Å². The van der Waals surface area contributed by atoms with E-state index in [4.69, 9.17) is 4.74 Å². The van der Waals surface area contributed by atoms with E-state index in [2.05, 4.69) is 52.0 Å². The molecule has 2 heteroatoms. The number of phenols is 1. The lowest BCUT2D eigenvalue weighted by Gasteiger charge is -2.27. The van der Waals surface area contributed by atoms with E-state index in [1.54, 1.807) is 12.1 Å². The average molecular weight is 282 g/mol. The van der Waals surface area contributed by atoms with Crippen molar-refractivity contribution in [3.63, 3.8) is 0 Å². The Kier molecular flexibility index (Phi) is 3.20. The summed E-state index contributed by atoms with van der Waals surface area (Å²) in [6.45, 7) is 8.61. The van der Waals surface area contributed by atoms with Crippen LogP contribution >= 0.6 is 0 Å². The second kappa shape index (κ2) is 4.80. The number of fused-ring (bicyclic) bond motifs is 1. The van der Waals surface area contributed by atoms with E-state index >= 15 is 0 Å². The van der Waals surface area contributed by atoms with Crippen LogP contribution in [0.15, 0.2) is 42.5 Å². The van der Waals surface area contributed by atoms with Crippen molar-refractivity contribution in [1.29, 1.82) is 0 Å². The van der Waals surface area contributed by atoms with E-state index in [-0.39, 0.29) is 17.3 Å². The number of benzene rings is 2. The maximum Gasteiger partial charge on any atom is 0.127 e. The molecule has 0 bridgehead atoms. The summed E-state index contributed by atoms with van der Waals surface area (Å²) < 4.78 is 6.06. The first kappa shape index (κ1) is 14.0. The van der Waals surface area contributed by atoms with E-state index < -0.39 is 0 Å². The van der Waals surface area contributed by atoms with E-state index in [0.29, 0.717) is 5.92 Å². The standard InChI is InChI=1S/C19H22O2/c1-12(2)13-5-7-14(8-6-13)18-16-10-9-15(20)11-17(16)21-19(18,3)4/h5-12,18,20H,1-4H3. The molecule has 0 saturated carbocycles. The molecule has 1 unspecified atom stereocenters. The number of rotatable bonds is 2. The summed E-state index contributed by atoms with van der Waals surface area (Å²) in [6, 6.07) is 14.2. The fourth-order valence-electron chi connectivity index (χ4n) is 3.22. The molecule has 1 aliphatic heterocycles. The Bertz CT molecular complexity index is 654. The molecular formula is C19H22O2. The quantitative estimate of drug-likeness (QED) is 0.855. The number of hydrogen-bond acceptors (Lipinski definition) is 2. The van der Waals surface area contributed by atoms with Gasteiger partial charge in [-0.2, -0.15) is 0 Å². The van der Waals surface area contributed by atoms with Gasteiger partial charge in [0.25, 0.3) is 0 Å². The zero-order valence-corrected chi connectivity index (χ0v) is 13.1. The van der Waals surface area contributed by atoms with Crippen LogP contribution < -0.4 is 4.74 Å². The molecule has 0 aliphatic carbocycles. The monoisotopic (exact) mass is 282 g/mol. The fourth-order valence-corrected chi connectivity index (χ4v) is 3.22. The summed E-state index contributed by atoms with van der Waals surface area (Å²) >= 11 is 0. The van der Waals surface area contributed by atoms with Crippen LogP contribution in [0.1, 0.15) is 56.2 Å². The smallest absolute Gasteiger partial charge is 0.127 e. The minimum Gasteiger partial charge on any atom is -0.508 e. The van der Waals surface area contributed by atoms with Gasteiger partial charge in [0.05, 0.1) is 5.92 Å². The summed E-state index contributed by atoms with van der Waals surface area (Å²) in [7, 11) is 0. The molecule has 0 saturated heterocycles. The lowest BCUT2D eigenvalue weighted by molar-refractivity contribution is 0.122. The van der Waals surface area contributed by atoms with Gasteiger partial charge in [-0.25, -0.2) is 0 Å². The predicted octanol–water partition coefficient (Wildman–Crippen LogP) is 4.82. The zero-order chi connectivity index (χ0) is 15.2. The Labute approximate surface area is 126 Å². The van der Waals surface area contributed by atoms with Crippen molar-refractivity contribution >= 4 is 0 Å². The Morgan fingerprint density at radius 1 is 1.05 bits per heavy atom. The van der Waals surface area contributed by atoms with Gasteiger partial charge in [0.15, 0.2) is 0 Å². The van der Waals surface area contributed by atoms with Gasteiger partial charge in [-0.15, -0.1) is 0 Å². The van der Waals surface area contributed by atoms with E-state index in [0.717, 1.165) is 11.3 Å². The first-order valence-electron chi connectivity index (χ1n) is 7.50. The summed E-state index contributed by atoms with van der Waals surface area (Å²) in [4.78, 5) is 0. The molecule has 110 valence electrons. The van der Waals surface area contributed by atoms with Crippen LogP contribution in [0, 0.1) is 0 Å². The van der Waals surface area contributed by atoms with E-state index in [1.165, 1.54) is 11.1 Å². The summed E-state index contributed by atoms with van der Waals surface area (Å²) in [5.41, 5.74) is 3.44. The van der Waals surface area contributed by atoms with Crippen LogP contribution in [-0.4, -0.2) is 10.7 Å². The molecule has 0 amide bonds. The van der Waals surface area contributed by atoms with Crippen LogP contribution in [0.5, 0.6) is 11.5 Å². The van der Waals surface area contributed by atoms with Gasteiger partial charge in [0.2, 0.25) is 0 Å². The molecule has 1 aliphatic rings. The maximum atomic E-state index is 9.64. The Morgan fingerprint density at radius 3 is 2.33 bits per heavy atom.